The second-order valence-electron chi connectivity index (χ2n) is 5.51. The van der Waals surface area contributed by atoms with E-state index in [0.717, 1.165) is 11.3 Å². The molecule has 0 bridgehead atoms. The van der Waals surface area contributed by atoms with E-state index in [1.54, 1.807) is 4.90 Å². The van der Waals surface area contributed by atoms with Crippen molar-refractivity contribution in [2.24, 2.45) is 5.92 Å². The zero-order chi connectivity index (χ0) is 15.4. The number of hydrogen-bond donors (Lipinski definition) is 1. The molecule has 0 radical (unpaired) electrons. The van der Waals surface area contributed by atoms with Gasteiger partial charge >= 0.3 is 5.97 Å². The molecule has 1 fully saturated rings. The van der Waals surface area contributed by atoms with Crippen LogP contribution in [0.5, 0.6) is 5.75 Å². The Hall–Kier alpha value is -1.75. The van der Waals surface area contributed by atoms with Crippen molar-refractivity contribution in [3.8, 4) is 5.75 Å². The van der Waals surface area contributed by atoms with E-state index >= 15 is 0 Å². The van der Waals surface area contributed by atoms with Crippen molar-refractivity contribution >= 4 is 24.3 Å². The minimum atomic E-state index is -0.823. The van der Waals surface area contributed by atoms with Crippen molar-refractivity contribution in [1.29, 1.82) is 0 Å². The van der Waals surface area contributed by atoms with Crippen molar-refractivity contribution in [1.82, 2.24) is 4.90 Å². The summed E-state index contributed by atoms with van der Waals surface area (Å²) in [6.45, 7) is 5.21. The summed E-state index contributed by atoms with van der Waals surface area (Å²) >= 11 is 0. The number of hydrogen-bond acceptors (Lipinski definition) is 3. The number of carboxylic acids is 1. The highest BCUT2D eigenvalue weighted by Crippen LogP contribution is 2.18. The van der Waals surface area contributed by atoms with Crippen molar-refractivity contribution in [3.05, 3.63) is 29.3 Å². The van der Waals surface area contributed by atoms with Crippen LogP contribution < -0.4 is 4.74 Å². The minimum absolute atomic E-state index is 0. The van der Waals surface area contributed by atoms with Gasteiger partial charge < -0.3 is 14.7 Å². The number of amides is 1. The van der Waals surface area contributed by atoms with Gasteiger partial charge in [-0.3, -0.25) is 9.59 Å². The van der Waals surface area contributed by atoms with Crippen LogP contribution in [0.15, 0.2) is 18.2 Å². The highest BCUT2D eigenvalue weighted by atomic mass is 35.5. The highest BCUT2D eigenvalue weighted by molar-refractivity contribution is 5.85. The van der Waals surface area contributed by atoms with E-state index in [1.807, 2.05) is 32.0 Å². The normalized spacial score (nSPS) is 17.0. The van der Waals surface area contributed by atoms with Crippen LogP contribution in [0.3, 0.4) is 0 Å². The Morgan fingerprint density at radius 2 is 2.05 bits per heavy atom. The Kier molecular flexibility index (Phi) is 6.68. The summed E-state index contributed by atoms with van der Waals surface area (Å²) in [6, 6.07) is 5.84. The van der Waals surface area contributed by atoms with Crippen LogP contribution in [-0.4, -0.2) is 41.6 Å². The van der Waals surface area contributed by atoms with Gasteiger partial charge in [-0.05, 0) is 43.5 Å². The van der Waals surface area contributed by atoms with Crippen molar-refractivity contribution in [2.75, 3.05) is 19.7 Å². The molecule has 1 saturated heterocycles. The van der Waals surface area contributed by atoms with Crippen LogP contribution in [-0.2, 0) is 9.59 Å². The molecule has 5 nitrogen and oxygen atoms in total. The molecule has 1 aromatic carbocycles. The first-order chi connectivity index (χ1) is 9.97. The van der Waals surface area contributed by atoms with Gasteiger partial charge in [0.15, 0.2) is 0 Å². The number of aryl methyl sites for hydroxylation is 2. The number of benzene rings is 1. The molecule has 1 amide bonds. The topological polar surface area (TPSA) is 66.8 Å². The zero-order valence-corrected chi connectivity index (χ0v) is 13.7. The van der Waals surface area contributed by atoms with Crippen LogP contribution in [0.25, 0.3) is 0 Å². The summed E-state index contributed by atoms with van der Waals surface area (Å²) in [4.78, 5) is 24.5. The van der Waals surface area contributed by atoms with Crippen molar-refractivity contribution in [2.45, 2.75) is 26.7 Å². The van der Waals surface area contributed by atoms with Gasteiger partial charge in [0.25, 0.3) is 0 Å². The van der Waals surface area contributed by atoms with E-state index in [9.17, 15) is 9.59 Å². The predicted octanol–water partition coefficient (Wildman–Crippen LogP) is 2.43. The SMILES string of the molecule is Cc1ccc(OCCC(=O)N2CCC(C(=O)O)C2)cc1C.Cl. The average Bonchev–Trinajstić information content (AvgIpc) is 2.92. The fraction of sp³-hybridized carbons (Fsp3) is 0.500. The van der Waals surface area contributed by atoms with E-state index < -0.39 is 11.9 Å². The molecule has 1 unspecified atom stereocenters. The number of carboxylic acid groups (broad SMARTS) is 1. The van der Waals surface area contributed by atoms with Gasteiger partial charge in [0.05, 0.1) is 18.9 Å². The molecule has 0 aliphatic carbocycles. The molecule has 1 aliphatic heterocycles. The summed E-state index contributed by atoms with van der Waals surface area (Å²) < 4.78 is 5.58. The largest absolute Gasteiger partial charge is 0.493 e. The molecule has 1 atom stereocenters. The van der Waals surface area contributed by atoms with Crippen LogP contribution in [0, 0.1) is 19.8 Å². The maximum Gasteiger partial charge on any atom is 0.308 e. The number of aliphatic carboxylic acids is 1. The second-order valence-corrected chi connectivity index (χ2v) is 5.51. The van der Waals surface area contributed by atoms with Crippen LogP contribution in [0.4, 0.5) is 0 Å². The molecule has 22 heavy (non-hydrogen) atoms. The molecule has 0 aromatic heterocycles. The fourth-order valence-electron chi connectivity index (χ4n) is 2.41. The first-order valence-corrected chi connectivity index (χ1v) is 7.18. The van der Waals surface area contributed by atoms with Crippen molar-refractivity contribution < 1.29 is 19.4 Å². The van der Waals surface area contributed by atoms with E-state index in [0.29, 0.717) is 26.1 Å². The Morgan fingerprint density at radius 3 is 2.64 bits per heavy atom. The van der Waals surface area contributed by atoms with Gasteiger partial charge in [-0.1, -0.05) is 6.07 Å². The number of ether oxygens (including phenoxy) is 1. The maximum atomic E-state index is 12.0. The van der Waals surface area contributed by atoms with Gasteiger partial charge in [-0.15, -0.1) is 12.4 Å². The molecular weight excluding hydrogens is 306 g/mol. The predicted molar refractivity (Wildman–Crippen MR) is 85.6 cm³/mol. The third-order valence-corrected chi connectivity index (χ3v) is 3.95. The van der Waals surface area contributed by atoms with Gasteiger partial charge in [-0.2, -0.15) is 0 Å². The molecule has 1 aromatic rings. The molecule has 6 heteroatoms. The standard InChI is InChI=1S/C16H21NO4.ClH/c1-11-3-4-14(9-12(11)2)21-8-6-15(18)17-7-5-13(10-17)16(19)20;/h3-4,9,13H,5-8,10H2,1-2H3,(H,19,20);1H. The number of carbonyl (C=O) groups is 2. The molecule has 1 N–H and O–H groups in total. The third-order valence-electron chi connectivity index (χ3n) is 3.95. The Labute approximate surface area is 136 Å². The number of likely N-dealkylation sites (tertiary alicyclic amines) is 1. The second kappa shape index (κ2) is 8.03. The molecule has 1 heterocycles. The van der Waals surface area contributed by atoms with Gasteiger partial charge in [0, 0.05) is 13.1 Å². The molecule has 0 spiro atoms. The van der Waals surface area contributed by atoms with E-state index in [1.165, 1.54) is 5.56 Å². The number of rotatable bonds is 5. The first kappa shape index (κ1) is 18.3. The smallest absolute Gasteiger partial charge is 0.308 e. The number of carbonyl (C=O) groups excluding carboxylic acids is 1. The van der Waals surface area contributed by atoms with Gasteiger partial charge in [0.1, 0.15) is 5.75 Å². The monoisotopic (exact) mass is 327 g/mol. The van der Waals surface area contributed by atoms with Crippen LogP contribution in [0.2, 0.25) is 0 Å². The Morgan fingerprint density at radius 1 is 1.32 bits per heavy atom. The lowest BCUT2D eigenvalue weighted by atomic mass is 10.1. The molecule has 1 aliphatic rings. The van der Waals surface area contributed by atoms with Gasteiger partial charge in [0.2, 0.25) is 5.91 Å². The molecule has 0 saturated carbocycles. The summed E-state index contributed by atoms with van der Waals surface area (Å²) in [5, 5.41) is 8.92. The van der Waals surface area contributed by atoms with E-state index in [4.69, 9.17) is 9.84 Å². The first-order valence-electron chi connectivity index (χ1n) is 7.18. The van der Waals surface area contributed by atoms with Gasteiger partial charge in [-0.25, -0.2) is 0 Å². The quantitative estimate of drug-likeness (QED) is 0.902. The maximum absolute atomic E-state index is 12.0. The van der Waals surface area contributed by atoms with Crippen LogP contribution >= 0.6 is 12.4 Å². The summed E-state index contributed by atoms with van der Waals surface area (Å²) in [6.07, 6.45) is 0.818. The van der Waals surface area contributed by atoms with E-state index in [-0.39, 0.29) is 24.7 Å². The minimum Gasteiger partial charge on any atom is -0.493 e. The molecular formula is C16H22ClNO4. The Bertz CT molecular complexity index is 547. The third kappa shape index (κ3) is 4.63. The van der Waals surface area contributed by atoms with E-state index in [2.05, 4.69) is 0 Å². The lowest BCUT2D eigenvalue weighted by Crippen LogP contribution is -2.30. The summed E-state index contributed by atoms with van der Waals surface area (Å²) in [5.74, 6) is -0.524. The summed E-state index contributed by atoms with van der Waals surface area (Å²) in [7, 11) is 0. The Balaban J connectivity index is 0.00000242. The summed E-state index contributed by atoms with van der Waals surface area (Å²) in [5.41, 5.74) is 2.36. The highest BCUT2D eigenvalue weighted by Gasteiger charge is 2.30. The van der Waals surface area contributed by atoms with Crippen molar-refractivity contribution in [3.63, 3.8) is 0 Å². The lowest BCUT2D eigenvalue weighted by molar-refractivity contribution is -0.141. The van der Waals surface area contributed by atoms with Crippen LogP contribution in [0.1, 0.15) is 24.0 Å². The fourth-order valence-corrected chi connectivity index (χ4v) is 2.41. The molecule has 2 rings (SSSR count). The zero-order valence-electron chi connectivity index (χ0n) is 12.9. The average molecular weight is 328 g/mol. The molecule has 122 valence electrons. The lowest BCUT2D eigenvalue weighted by Gasteiger charge is -2.16. The number of nitrogens with zero attached hydrogens (tertiary/aromatic N) is 1. The number of halogens is 1.